The Bertz CT molecular complexity index is 352. The molecule has 3 N–H and O–H groups in total. The molecule has 0 saturated carbocycles. The number of hydrogen-bond acceptors (Lipinski definition) is 3. The summed E-state index contributed by atoms with van der Waals surface area (Å²) >= 11 is 10.8. The maximum Gasteiger partial charge on any atom is 0.106 e. The van der Waals surface area contributed by atoms with Crippen molar-refractivity contribution in [2.45, 2.75) is 0 Å². The van der Waals surface area contributed by atoms with Gasteiger partial charge >= 0.3 is 0 Å². The molecule has 14 heavy (non-hydrogen) atoms. The van der Waals surface area contributed by atoms with Crippen molar-refractivity contribution in [2.75, 3.05) is 19.5 Å². The molecule has 5 heteroatoms. The number of hydrogen-bond donors (Lipinski definition) is 2. The Balaban J connectivity index is 3.08. The number of benzene rings is 1. The fourth-order valence-electron chi connectivity index (χ4n) is 1.06. The van der Waals surface area contributed by atoms with Crippen LogP contribution in [0, 0.1) is 0 Å². The van der Waals surface area contributed by atoms with E-state index in [0.29, 0.717) is 10.0 Å². The van der Waals surface area contributed by atoms with Gasteiger partial charge in [0, 0.05) is 24.7 Å². The SMILES string of the molecule is CN(C)Nc1ccc(Cl)cc1C(N)=S. The molecular formula is C9H12ClN3S. The fourth-order valence-corrected chi connectivity index (χ4v) is 1.40. The number of thiocarbonyl (C=S) groups is 1. The number of nitrogens with two attached hydrogens (primary N) is 1. The minimum atomic E-state index is 0.330. The minimum Gasteiger partial charge on any atom is -0.389 e. The maximum atomic E-state index is 5.84. The summed E-state index contributed by atoms with van der Waals surface area (Å²) in [6, 6.07) is 5.38. The number of hydrazine groups is 1. The Morgan fingerprint density at radius 1 is 1.50 bits per heavy atom. The lowest BCUT2D eigenvalue weighted by molar-refractivity contribution is 0.495. The summed E-state index contributed by atoms with van der Waals surface area (Å²) in [5.74, 6) is 0. The lowest BCUT2D eigenvalue weighted by atomic mass is 10.2. The van der Waals surface area contributed by atoms with Crippen molar-refractivity contribution in [2.24, 2.45) is 5.73 Å². The van der Waals surface area contributed by atoms with Crippen LogP contribution in [0.5, 0.6) is 0 Å². The van der Waals surface area contributed by atoms with Crippen LogP contribution in [0.25, 0.3) is 0 Å². The van der Waals surface area contributed by atoms with Gasteiger partial charge in [0.2, 0.25) is 0 Å². The molecule has 0 fully saturated rings. The number of nitrogens with one attached hydrogen (secondary N) is 1. The van der Waals surface area contributed by atoms with Crippen molar-refractivity contribution in [3.05, 3.63) is 28.8 Å². The van der Waals surface area contributed by atoms with E-state index >= 15 is 0 Å². The second kappa shape index (κ2) is 4.59. The highest BCUT2D eigenvalue weighted by Crippen LogP contribution is 2.20. The van der Waals surface area contributed by atoms with Gasteiger partial charge in [-0.25, -0.2) is 5.01 Å². The Kier molecular flexibility index (Phi) is 3.69. The van der Waals surface area contributed by atoms with Crippen LogP contribution in [0.3, 0.4) is 0 Å². The molecule has 0 amide bonds. The van der Waals surface area contributed by atoms with Crippen molar-refractivity contribution in [3.63, 3.8) is 0 Å². The van der Waals surface area contributed by atoms with Crippen molar-refractivity contribution in [1.82, 2.24) is 5.01 Å². The van der Waals surface area contributed by atoms with Crippen LogP contribution in [-0.4, -0.2) is 24.1 Å². The van der Waals surface area contributed by atoms with Crippen LogP contribution in [-0.2, 0) is 0 Å². The van der Waals surface area contributed by atoms with Crippen LogP contribution in [0.1, 0.15) is 5.56 Å². The second-order valence-electron chi connectivity index (χ2n) is 3.06. The molecule has 0 aliphatic rings. The predicted molar refractivity (Wildman–Crippen MR) is 64.6 cm³/mol. The van der Waals surface area contributed by atoms with Gasteiger partial charge in [-0.05, 0) is 18.2 Å². The van der Waals surface area contributed by atoms with Gasteiger partial charge in [0.15, 0.2) is 0 Å². The Morgan fingerprint density at radius 3 is 2.64 bits per heavy atom. The van der Waals surface area contributed by atoms with Crippen molar-refractivity contribution in [3.8, 4) is 0 Å². The van der Waals surface area contributed by atoms with Gasteiger partial charge in [0.1, 0.15) is 4.99 Å². The van der Waals surface area contributed by atoms with Gasteiger partial charge in [-0.1, -0.05) is 23.8 Å². The van der Waals surface area contributed by atoms with Gasteiger partial charge < -0.3 is 11.2 Å². The number of anilines is 1. The summed E-state index contributed by atoms with van der Waals surface area (Å²) < 4.78 is 0. The average Bonchev–Trinajstić information content (AvgIpc) is 2.07. The molecule has 0 aromatic heterocycles. The summed E-state index contributed by atoms with van der Waals surface area (Å²) in [6.07, 6.45) is 0. The summed E-state index contributed by atoms with van der Waals surface area (Å²) in [5, 5.41) is 2.43. The molecule has 76 valence electrons. The zero-order chi connectivity index (χ0) is 10.7. The van der Waals surface area contributed by atoms with E-state index in [1.165, 1.54) is 0 Å². The highest BCUT2D eigenvalue weighted by Gasteiger charge is 2.06. The van der Waals surface area contributed by atoms with E-state index in [9.17, 15) is 0 Å². The van der Waals surface area contributed by atoms with Crippen molar-refractivity contribution < 1.29 is 0 Å². The van der Waals surface area contributed by atoms with Crippen LogP contribution in [0.4, 0.5) is 5.69 Å². The third kappa shape index (κ3) is 2.83. The second-order valence-corrected chi connectivity index (χ2v) is 3.94. The average molecular weight is 230 g/mol. The molecule has 1 aromatic rings. The molecule has 0 saturated heterocycles. The highest BCUT2D eigenvalue weighted by molar-refractivity contribution is 7.80. The zero-order valence-electron chi connectivity index (χ0n) is 8.04. The van der Waals surface area contributed by atoms with Gasteiger partial charge in [-0.15, -0.1) is 0 Å². The molecule has 0 aliphatic carbocycles. The van der Waals surface area contributed by atoms with E-state index < -0.39 is 0 Å². The summed E-state index contributed by atoms with van der Waals surface area (Å²) in [5.41, 5.74) is 10.3. The molecule has 0 unspecified atom stereocenters. The first-order valence-corrected chi connectivity index (χ1v) is 4.82. The smallest absolute Gasteiger partial charge is 0.106 e. The predicted octanol–water partition coefficient (Wildman–Crippen LogP) is 1.86. The third-order valence-electron chi connectivity index (χ3n) is 1.59. The molecule has 3 nitrogen and oxygen atoms in total. The standard InChI is InChI=1S/C9H12ClN3S/c1-13(2)12-8-4-3-6(10)5-7(8)9(11)14/h3-5,12H,1-2H3,(H2,11,14). The Morgan fingerprint density at radius 2 is 2.14 bits per heavy atom. The lowest BCUT2D eigenvalue weighted by Crippen LogP contribution is -2.22. The minimum absolute atomic E-state index is 0.330. The van der Waals surface area contributed by atoms with Gasteiger partial charge in [0.05, 0.1) is 5.69 Å². The molecule has 1 rings (SSSR count). The molecule has 0 radical (unpaired) electrons. The fraction of sp³-hybridized carbons (Fsp3) is 0.222. The first-order chi connectivity index (χ1) is 6.50. The quantitative estimate of drug-likeness (QED) is 0.613. The topological polar surface area (TPSA) is 41.3 Å². The van der Waals surface area contributed by atoms with Crippen LogP contribution in [0.2, 0.25) is 5.02 Å². The summed E-state index contributed by atoms with van der Waals surface area (Å²) in [6.45, 7) is 0. The number of rotatable bonds is 3. The van der Waals surface area contributed by atoms with Gasteiger partial charge in [-0.3, -0.25) is 0 Å². The Hall–Kier alpha value is -0.840. The lowest BCUT2D eigenvalue weighted by Gasteiger charge is -2.16. The molecular weight excluding hydrogens is 218 g/mol. The monoisotopic (exact) mass is 229 g/mol. The van der Waals surface area contributed by atoms with E-state index in [0.717, 1.165) is 11.3 Å². The first-order valence-electron chi connectivity index (χ1n) is 4.04. The molecule has 0 aliphatic heterocycles. The van der Waals surface area contributed by atoms with Crippen LogP contribution in [0.15, 0.2) is 18.2 Å². The Labute approximate surface area is 93.8 Å². The van der Waals surface area contributed by atoms with Crippen LogP contribution >= 0.6 is 23.8 Å². The normalized spacial score (nSPS) is 10.3. The van der Waals surface area contributed by atoms with Gasteiger partial charge in [-0.2, -0.15) is 0 Å². The molecule has 0 atom stereocenters. The molecule has 0 heterocycles. The maximum absolute atomic E-state index is 5.84. The van der Waals surface area contributed by atoms with E-state index in [1.54, 1.807) is 12.1 Å². The van der Waals surface area contributed by atoms with Crippen LogP contribution < -0.4 is 11.2 Å². The summed E-state index contributed by atoms with van der Waals surface area (Å²) in [4.78, 5) is 0.330. The van der Waals surface area contributed by atoms with Crippen molar-refractivity contribution in [1.29, 1.82) is 0 Å². The molecule has 0 spiro atoms. The van der Waals surface area contributed by atoms with E-state index in [-0.39, 0.29) is 0 Å². The van der Waals surface area contributed by atoms with E-state index in [2.05, 4.69) is 5.43 Å². The summed E-state index contributed by atoms with van der Waals surface area (Å²) in [7, 11) is 3.77. The highest BCUT2D eigenvalue weighted by atomic mass is 35.5. The zero-order valence-corrected chi connectivity index (χ0v) is 9.62. The van der Waals surface area contributed by atoms with Gasteiger partial charge in [0.25, 0.3) is 0 Å². The van der Waals surface area contributed by atoms with E-state index in [4.69, 9.17) is 29.6 Å². The molecule has 1 aromatic carbocycles. The van der Waals surface area contributed by atoms with E-state index in [1.807, 2.05) is 25.2 Å². The first kappa shape index (κ1) is 11.2. The number of halogens is 1. The van der Waals surface area contributed by atoms with Crippen molar-refractivity contribution >= 4 is 34.5 Å². The molecule has 0 bridgehead atoms. The largest absolute Gasteiger partial charge is 0.389 e. The third-order valence-corrected chi connectivity index (χ3v) is 2.05. The number of nitrogens with zero attached hydrogens (tertiary/aromatic N) is 1.